The number of fused-ring (bicyclic) bond motifs is 1. The van der Waals surface area contributed by atoms with E-state index in [-0.39, 0.29) is 37.3 Å². The van der Waals surface area contributed by atoms with Gasteiger partial charge in [0, 0.05) is 62.4 Å². The van der Waals surface area contributed by atoms with E-state index >= 15 is 4.39 Å². The van der Waals surface area contributed by atoms with E-state index in [4.69, 9.17) is 23.7 Å². The first-order valence-electron chi connectivity index (χ1n) is 18.9. The smallest absolute Gasteiger partial charge is 0.410 e. The van der Waals surface area contributed by atoms with Crippen molar-refractivity contribution in [2.75, 3.05) is 13.7 Å². The predicted octanol–water partition coefficient (Wildman–Crippen LogP) is 4.01. The summed E-state index contributed by atoms with van der Waals surface area (Å²) in [5.41, 5.74) is -6.18. The molecule has 300 valence electrons. The van der Waals surface area contributed by atoms with Crippen LogP contribution in [-0.2, 0) is 44.6 Å². The number of carbonyl (C=O) groups is 4. The third-order valence-electron chi connectivity index (χ3n) is 11.5. The lowest BCUT2D eigenvalue weighted by atomic mass is 9.73. The summed E-state index contributed by atoms with van der Waals surface area (Å²) in [5, 5.41) is 14.7. The summed E-state index contributed by atoms with van der Waals surface area (Å²) < 4.78 is 49.1. The van der Waals surface area contributed by atoms with Gasteiger partial charge in [0.1, 0.15) is 18.0 Å². The number of esters is 1. The van der Waals surface area contributed by atoms with E-state index in [0.29, 0.717) is 19.4 Å². The number of hydrogen-bond donors (Lipinski definition) is 2. The molecule has 0 saturated carbocycles. The number of cyclic esters (lactones) is 1. The molecule has 0 spiro atoms. The fourth-order valence-corrected chi connectivity index (χ4v) is 8.66. The van der Waals surface area contributed by atoms with Gasteiger partial charge in [-0.25, -0.2) is 19.0 Å². The maximum atomic E-state index is 16.8. The van der Waals surface area contributed by atoms with Crippen molar-refractivity contribution in [1.82, 2.24) is 19.8 Å². The number of halogens is 1. The Hall–Kier alpha value is -2.98. The van der Waals surface area contributed by atoms with E-state index < -0.39 is 89.2 Å². The van der Waals surface area contributed by atoms with Crippen LogP contribution in [0, 0.1) is 17.8 Å². The molecule has 0 radical (unpaired) electrons. The molecule has 3 fully saturated rings. The highest BCUT2D eigenvalue weighted by Gasteiger charge is 2.61. The number of nitrogens with zero attached hydrogens (tertiary/aromatic N) is 3. The minimum absolute atomic E-state index is 0.00449. The molecule has 14 nitrogen and oxygen atoms in total. The summed E-state index contributed by atoms with van der Waals surface area (Å²) >= 11 is 0. The van der Waals surface area contributed by atoms with Crippen molar-refractivity contribution < 1.29 is 52.4 Å². The Kier molecular flexibility index (Phi) is 13.6. The van der Waals surface area contributed by atoms with Gasteiger partial charge in [-0.05, 0) is 53.4 Å². The summed E-state index contributed by atoms with van der Waals surface area (Å²) in [6, 6.07) is -1.29. The Balaban J connectivity index is 1.77. The Morgan fingerprint density at radius 1 is 1.09 bits per heavy atom. The molecule has 2 N–H and O–H groups in total. The monoisotopic (exact) mass is 752 g/mol. The fourth-order valence-electron chi connectivity index (χ4n) is 8.66. The zero-order chi connectivity index (χ0) is 39.6. The molecule has 3 aliphatic rings. The molecule has 3 aliphatic heterocycles. The lowest BCUT2D eigenvalue weighted by Crippen LogP contribution is -2.62. The van der Waals surface area contributed by atoms with Gasteiger partial charge < -0.3 is 43.6 Å². The Morgan fingerprint density at radius 2 is 1.77 bits per heavy atom. The number of carbonyl (C=O) groups excluding carboxylic acids is 4. The lowest BCUT2D eigenvalue weighted by Gasteiger charge is -2.47. The number of alkyl halides is 1. The maximum absolute atomic E-state index is 16.8. The van der Waals surface area contributed by atoms with Crippen molar-refractivity contribution in [2.24, 2.45) is 17.8 Å². The van der Waals surface area contributed by atoms with Crippen molar-refractivity contribution in [1.29, 1.82) is 0 Å². The van der Waals surface area contributed by atoms with Gasteiger partial charge in [-0.3, -0.25) is 9.59 Å². The second-order valence-corrected chi connectivity index (χ2v) is 16.1. The van der Waals surface area contributed by atoms with Crippen LogP contribution in [-0.4, -0.2) is 123 Å². The summed E-state index contributed by atoms with van der Waals surface area (Å²) in [6.45, 7) is 17.1. The largest absolute Gasteiger partial charge is 0.455 e. The third-order valence-corrected chi connectivity index (χ3v) is 11.5. The average molecular weight is 753 g/mol. The van der Waals surface area contributed by atoms with E-state index in [2.05, 4.69) is 10.3 Å². The number of rotatable bonds is 10. The molecule has 53 heavy (non-hydrogen) atoms. The molecule has 13 atom stereocenters. The number of ether oxygens (including phenoxy) is 5. The van der Waals surface area contributed by atoms with Crippen molar-refractivity contribution >= 4 is 23.6 Å². The van der Waals surface area contributed by atoms with Crippen LogP contribution in [0.1, 0.15) is 94.9 Å². The minimum atomic E-state index is -3.17. The van der Waals surface area contributed by atoms with Crippen LogP contribution in [0.25, 0.3) is 0 Å². The highest BCUT2D eigenvalue weighted by atomic mass is 19.1. The molecule has 0 aliphatic carbocycles. The molecule has 4 heterocycles. The molecule has 4 rings (SSSR count). The molecular weight excluding hydrogens is 691 g/mol. The van der Waals surface area contributed by atoms with Gasteiger partial charge in [-0.1, -0.05) is 41.5 Å². The molecule has 1 aromatic rings. The Bertz CT molecular complexity index is 1440. The van der Waals surface area contributed by atoms with Crippen LogP contribution in [0.5, 0.6) is 0 Å². The second-order valence-electron chi connectivity index (χ2n) is 16.1. The Labute approximate surface area is 312 Å². The van der Waals surface area contributed by atoms with E-state index in [1.54, 1.807) is 53.3 Å². The van der Waals surface area contributed by atoms with Gasteiger partial charge >= 0.3 is 12.1 Å². The molecule has 15 heteroatoms. The molecule has 0 aromatic carbocycles. The van der Waals surface area contributed by atoms with Crippen molar-refractivity contribution in [3.05, 3.63) is 18.7 Å². The van der Waals surface area contributed by atoms with Crippen molar-refractivity contribution in [3.8, 4) is 0 Å². The summed E-state index contributed by atoms with van der Waals surface area (Å²) in [4.78, 5) is 61.7. The molecule has 3 saturated heterocycles. The van der Waals surface area contributed by atoms with Gasteiger partial charge in [0.2, 0.25) is 0 Å². The van der Waals surface area contributed by atoms with E-state index in [1.165, 1.54) is 18.9 Å². The number of Topliss-reactive ketones (excluding diaryl/α,β-unsaturated/α-hetero) is 2. The average Bonchev–Trinajstić information content (AvgIpc) is 3.70. The molecule has 0 bridgehead atoms. The SMILES string of the molecule is CC[C@H]1OC(=O)[C@@](C)(F)C(=O)[C@H](C)[C@@H](O[C@@H]2O[C@H](C)C[C@H](NC(C)C)[C@@H]2O)[C@](C)(OC)C[C@@H](C)C(=O)[C@H](C)C2N(CCCn3ccnc3)C(=O)O[C@@]21C. The van der Waals surface area contributed by atoms with Crippen LogP contribution < -0.4 is 5.32 Å². The van der Waals surface area contributed by atoms with Crippen LogP contribution in [0.4, 0.5) is 9.18 Å². The summed E-state index contributed by atoms with van der Waals surface area (Å²) in [5.74, 6) is -5.75. The molecular formula is C38H61FN4O10. The van der Waals surface area contributed by atoms with Gasteiger partial charge in [0.25, 0.3) is 5.67 Å². The number of ketones is 2. The van der Waals surface area contributed by atoms with Crippen molar-refractivity contribution in [3.63, 3.8) is 0 Å². The fraction of sp³-hybridized carbons (Fsp3) is 0.816. The number of aryl methyl sites for hydroxylation is 1. The molecule has 1 unspecified atom stereocenters. The highest BCUT2D eigenvalue weighted by molar-refractivity contribution is 6.08. The number of aliphatic hydroxyl groups excluding tert-OH is 1. The van der Waals surface area contributed by atoms with Crippen LogP contribution in [0.15, 0.2) is 18.7 Å². The second kappa shape index (κ2) is 16.8. The highest BCUT2D eigenvalue weighted by Crippen LogP contribution is 2.43. The number of nitrogens with one attached hydrogen (secondary N) is 1. The van der Waals surface area contributed by atoms with E-state index in [1.807, 2.05) is 25.3 Å². The first kappa shape index (κ1) is 42.8. The number of imidazole rings is 1. The number of methoxy groups -OCH3 is 1. The van der Waals surface area contributed by atoms with Crippen molar-refractivity contribution in [2.45, 2.75) is 167 Å². The number of aliphatic hydroxyl groups is 1. The zero-order valence-corrected chi connectivity index (χ0v) is 33.2. The topological polar surface area (TPSA) is 168 Å². The van der Waals surface area contributed by atoms with Gasteiger partial charge in [0.15, 0.2) is 17.7 Å². The van der Waals surface area contributed by atoms with Crippen LogP contribution >= 0.6 is 0 Å². The lowest BCUT2D eigenvalue weighted by molar-refractivity contribution is -0.291. The number of hydrogen-bond acceptors (Lipinski definition) is 12. The summed E-state index contributed by atoms with van der Waals surface area (Å²) in [7, 11) is 1.40. The van der Waals surface area contributed by atoms with E-state index in [0.717, 1.165) is 6.92 Å². The van der Waals surface area contributed by atoms with Gasteiger partial charge in [-0.2, -0.15) is 0 Å². The van der Waals surface area contributed by atoms with Gasteiger partial charge in [-0.15, -0.1) is 0 Å². The quantitative estimate of drug-likeness (QED) is 0.261. The number of amides is 1. The number of aromatic nitrogens is 2. The van der Waals surface area contributed by atoms with Crippen LogP contribution in [0.3, 0.4) is 0 Å². The maximum Gasteiger partial charge on any atom is 0.410 e. The standard InChI is InChI=1S/C38H61FN4O10/c1-12-27-38(10)30(43(35(48)53-38)16-13-15-42-17-14-40-20-42)24(6)28(44)22(4)19-36(8,49-11)32(25(7)31(46)37(9,39)34(47)51-27)52-33-29(45)26(41-21(2)3)18-23(5)50-33/h14,17,20-27,29-30,32-33,41,45H,12-13,15-16,18-19H2,1-11H3/t22-,23-,24+,25+,26+,27-,29+,30?,32-,33+,36-,37+,38-/m1/s1. The Morgan fingerprint density at radius 3 is 2.36 bits per heavy atom. The van der Waals surface area contributed by atoms with Crippen LogP contribution in [0.2, 0.25) is 0 Å². The first-order valence-corrected chi connectivity index (χ1v) is 18.9. The zero-order valence-electron chi connectivity index (χ0n) is 33.2. The first-order chi connectivity index (χ1) is 24.7. The third kappa shape index (κ3) is 8.79. The summed E-state index contributed by atoms with van der Waals surface area (Å²) in [6.07, 6.45) is 0.237. The molecule has 1 aromatic heterocycles. The van der Waals surface area contributed by atoms with Gasteiger partial charge in [0.05, 0.1) is 30.2 Å². The van der Waals surface area contributed by atoms with E-state index in [9.17, 15) is 24.3 Å². The minimum Gasteiger partial charge on any atom is -0.455 e. The predicted molar refractivity (Wildman–Crippen MR) is 191 cm³/mol. The normalized spacial score (nSPS) is 40.5. The molecule has 1 amide bonds.